The van der Waals surface area contributed by atoms with Crippen LogP contribution in [-0.4, -0.2) is 0 Å². The van der Waals surface area contributed by atoms with Crippen LogP contribution in [0.3, 0.4) is 0 Å². The maximum atomic E-state index is 6.57. The Morgan fingerprint density at radius 3 is 1.64 bits per heavy atom. The molecule has 0 saturated carbocycles. The summed E-state index contributed by atoms with van der Waals surface area (Å²) in [6.07, 6.45) is 0. The first-order chi connectivity index (χ1) is 30.3. The summed E-state index contributed by atoms with van der Waals surface area (Å²) in [6, 6.07) is 86.1. The van der Waals surface area contributed by atoms with Crippen molar-refractivity contribution in [2.75, 3.05) is 4.90 Å². The highest BCUT2D eigenvalue weighted by atomic mass is 16.3. The highest BCUT2D eigenvalue weighted by Gasteiger charge is 2.46. The van der Waals surface area contributed by atoms with Gasteiger partial charge >= 0.3 is 0 Å². The van der Waals surface area contributed by atoms with Gasteiger partial charge in [-0.2, -0.15) is 0 Å². The molecule has 0 fully saturated rings. The Labute approximate surface area is 355 Å². The second kappa shape index (κ2) is 14.1. The van der Waals surface area contributed by atoms with Gasteiger partial charge in [0, 0.05) is 33.1 Å². The van der Waals surface area contributed by atoms with Crippen LogP contribution in [0.4, 0.5) is 17.1 Å². The van der Waals surface area contributed by atoms with E-state index in [9.17, 15) is 0 Å². The standard InChI is InChI=1S/C59H39NO/c1-4-17-40(18-5-1)41-31-33-44(34-32-41)60(56-29-14-11-24-50(56)46-26-16-27-52-47(46)37-38-53-51-25-12-15-30-57(51)61-58(52)53)45-35-36-49-48-23-10-13-28-54(48)59(55(49)39-45,42-19-6-2-7-20-42)43-21-8-3-9-22-43/h1-39H. The molecule has 0 atom stereocenters. The third kappa shape index (κ3) is 5.43. The van der Waals surface area contributed by atoms with E-state index in [-0.39, 0.29) is 0 Å². The Balaban J connectivity index is 1.11. The van der Waals surface area contributed by atoms with Gasteiger partial charge in [-0.05, 0) is 97.9 Å². The Morgan fingerprint density at radius 1 is 0.328 bits per heavy atom. The van der Waals surface area contributed by atoms with E-state index >= 15 is 0 Å². The minimum atomic E-state index is -0.527. The van der Waals surface area contributed by atoms with Crippen molar-refractivity contribution < 1.29 is 4.42 Å². The molecule has 11 aromatic rings. The molecule has 2 nitrogen and oxygen atoms in total. The molecule has 0 spiro atoms. The monoisotopic (exact) mass is 777 g/mol. The number of hydrogen-bond donors (Lipinski definition) is 0. The van der Waals surface area contributed by atoms with Crippen LogP contribution in [0.25, 0.3) is 66.1 Å². The first kappa shape index (κ1) is 35.0. The van der Waals surface area contributed by atoms with Gasteiger partial charge in [0.15, 0.2) is 0 Å². The molecule has 61 heavy (non-hydrogen) atoms. The van der Waals surface area contributed by atoms with Gasteiger partial charge in [-0.3, -0.25) is 0 Å². The number of nitrogens with zero attached hydrogens (tertiary/aromatic N) is 1. The molecule has 0 bridgehead atoms. The molecule has 0 radical (unpaired) electrons. The fraction of sp³-hybridized carbons (Fsp3) is 0.0169. The van der Waals surface area contributed by atoms with Gasteiger partial charge in [-0.1, -0.05) is 194 Å². The summed E-state index contributed by atoms with van der Waals surface area (Å²) in [7, 11) is 0. The van der Waals surface area contributed by atoms with Crippen molar-refractivity contribution in [1.29, 1.82) is 0 Å². The lowest BCUT2D eigenvalue weighted by molar-refractivity contribution is 0.672. The van der Waals surface area contributed by atoms with E-state index in [1.165, 1.54) is 44.5 Å². The zero-order valence-electron chi connectivity index (χ0n) is 33.4. The van der Waals surface area contributed by atoms with Gasteiger partial charge in [0.1, 0.15) is 11.2 Å². The van der Waals surface area contributed by atoms with Crippen LogP contribution in [0.2, 0.25) is 0 Å². The number of fused-ring (bicyclic) bond motifs is 8. The molecule has 1 aromatic heterocycles. The van der Waals surface area contributed by atoms with Gasteiger partial charge in [0.2, 0.25) is 0 Å². The lowest BCUT2D eigenvalue weighted by atomic mass is 9.67. The van der Waals surface area contributed by atoms with E-state index in [0.717, 1.165) is 60.9 Å². The Bertz CT molecular complexity index is 3360. The summed E-state index contributed by atoms with van der Waals surface area (Å²) < 4.78 is 6.57. The number of rotatable bonds is 7. The third-order valence-electron chi connectivity index (χ3n) is 12.8. The molecular formula is C59H39NO. The lowest BCUT2D eigenvalue weighted by Crippen LogP contribution is -2.28. The molecule has 0 aliphatic heterocycles. The minimum absolute atomic E-state index is 0.527. The van der Waals surface area contributed by atoms with E-state index < -0.39 is 5.41 Å². The predicted octanol–water partition coefficient (Wildman–Crippen LogP) is 15.9. The van der Waals surface area contributed by atoms with Gasteiger partial charge in [0.25, 0.3) is 0 Å². The van der Waals surface area contributed by atoms with E-state index in [4.69, 9.17) is 4.42 Å². The molecule has 286 valence electrons. The van der Waals surface area contributed by atoms with Crippen molar-refractivity contribution in [2.24, 2.45) is 0 Å². The second-order valence-corrected chi connectivity index (χ2v) is 16.0. The predicted molar refractivity (Wildman–Crippen MR) is 254 cm³/mol. The van der Waals surface area contributed by atoms with Crippen molar-refractivity contribution >= 4 is 49.8 Å². The van der Waals surface area contributed by atoms with Crippen LogP contribution in [0.5, 0.6) is 0 Å². The molecule has 0 saturated heterocycles. The van der Waals surface area contributed by atoms with Gasteiger partial charge in [-0.15, -0.1) is 0 Å². The molecule has 1 aliphatic carbocycles. The van der Waals surface area contributed by atoms with Gasteiger partial charge < -0.3 is 9.32 Å². The molecular weight excluding hydrogens is 739 g/mol. The van der Waals surface area contributed by atoms with E-state index in [1.807, 2.05) is 6.07 Å². The zero-order valence-corrected chi connectivity index (χ0v) is 33.4. The van der Waals surface area contributed by atoms with Crippen molar-refractivity contribution in [3.63, 3.8) is 0 Å². The second-order valence-electron chi connectivity index (χ2n) is 16.0. The maximum absolute atomic E-state index is 6.57. The Morgan fingerprint density at radius 2 is 0.869 bits per heavy atom. The number of benzene rings is 10. The van der Waals surface area contributed by atoms with Crippen molar-refractivity contribution in [3.8, 4) is 33.4 Å². The van der Waals surface area contributed by atoms with Crippen LogP contribution in [0.1, 0.15) is 22.3 Å². The summed E-state index contributed by atoms with van der Waals surface area (Å²) in [5.41, 5.74) is 16.8. The maximum Gasteiger partial charge on any atom is 0.143 e. The average Bonchev–Trinajstić information content (AvgIpc) is 3.87. The SMILES string of the molecule is c1ccc(-c2ccc(N(c3ccc4c(c3)C(c3ccccc3)(c3ccccc3)c3ccccc3-4)c3ccccc3-c3cccc4c3ccc3c5ccccc5oc43)cc2)cc1. The summed E-state index contributed by atoms with van der Waals surface area (Å²) in [5, 5.41) is 4.52. The molecule has 12 rings (SSSR count). The minimum Gasteiger partial charge on any atom is -0.455 e. The van der Waals surface area contributed by atoms with Gasteiger partial charge in [-0.25, -0.2) is 0 Å². The fourth-order valence-electron chi connectivity index (χ4n) is 10.1. The summed E-state index contributed by atoms with van der Waals surface area (Å²) in [6.45, 7) is 0. The third-order valence-corrected chi connectivity index (χ3v) is 12.8. The smallest absolute Gasteiger partial charge is 0.143 e. The van der Waals surface area contributed by atoms with Crippen LogP contribution in [0.15, 0.2) is 241 Å². The lowest BCUT2D eigenvalue weighted by Gasteiger charge is -2.35. The van der Waals surface area contributed by atoms with E-state index in [1.54, 1.807) is 0 Å². The average molecular weight is 778 g/mol. The van der Waals surface area contributed by atoms with Crippen LogP contribution < -0.4 is 4.90 Å². The first-order valence-electron chi connectivity index (χ1n) is 21.0. The summed E-state index contributed by atoms with van der Waals surface area (Å²) in [4.78, 5) is 2.45. The molecule has 1 heterocycles. The normalized spacial score (nSPS) is 12.7. The first-order valence-corrected chi connectivity index (χ1v) is 21.0. The van der Waals surface area contributed by atoms with Crippen molar-refractivity contribution in [1.82, 2.24) is 0 Å². The molecule has 0 unspecified atom stereocenters. The van der Waals surface area contributed by atoms with Crippen molar-refractivity contribution in [3.05, 3.63) is 259 Å². The Hall–Kier alpha value is -7.94. The molecule has 0 amide bonds. The van der Waals surface area contributed by atoms with Crippen LogP contribution in [-0.2, 0) is 5.41 Å². The topological polar surface area (TPSA) is 16.4 Å². The van der Waals surface area contributed by atoms with Gasteiger partial charge in [0.05, 0.1) is 11.1 Å². The molecule has 0 N–H and O–H groups in total. The number of hydrogen-bond acceptors (Lipinski definition) is 2. The summed E-state index contributed by atoms with van der Waals surface area (Å²) in [5.74, 6) is 0. The van der Waals surface area contributed by atoms with Crippen LogP contribution in [0, 0.1) is 0 Å². The summed E-state index contributed by atoms with van der Waals surface area (Å²) >= 11 is 0. The van der Waals surface area contributed by atoms with E-state index in [2.05, 4.69) is 235 Å². The van der Waals surface area contributed by atoms with E-state index in [0.29, 0.717) is 0 Å². The zero-order chi connectivity index (χ0) is 40.3. The number of para-hydroxylation sites is 2. The highest BCUT2D eigenvalue weighted by molar-refractivity contribution is 6.18. The number of furan rings is 1. The number of anilines is 3. The molecule has 10 aromatic carbocycles. The molecule has 1 aliphatic rings. The quantitative estimate of drug-likeness (QED) is 0.160. The fourth-order valence-corrected chi connectivity index (χ4v) is 10.1. The van der Waals surface area contributed by atoms with Crippen molar-refractivity contribution in [2.45, 2.75) is 5.41 Å². The highest BCUT2D eigenvalue weighted by Crippen LogP contribution is 2.57. The Kier molecular flexibility index (Phi) is 8.11. The molecule has 2 heteroatoms. The largest absolute Gasteiger partial charge is 0.455 e. The van der Waals surface area contributed by atoms with Crippen LogP contribution >= 0.6 is 0 Å².